The summed E-state index contributed by atoms with van der Waals surface area (Å²) in [6, 6.07) is 0.390. The first-order valence-corrected chi connectivity index (χ1v) is 8.44. The van der Waals surface area contributed by atoms with Gasteiger partial charge in [0, 0.05) is 19.5 Å². The number of hydrogen-bond acceptors (Lipinski definition) is 4. The van der Waals surface area contributed by atoms with Crippen molar-refractivity contribution in [2.75, 3.05) is 6.54 Å². The van der Waals surface area contributed by atoms with Crippen LogP contribution in [0.5, 0.6) is 0 Å². The van der Waals surface area contributed by atoms with Crippen molar-refractivity contribution in [2.24, 2.45) is 4.99 Å². The average Bonchev–Trinajstić information content (AvgIpc) is 3.26. The summed E-state index contributed by atoms with van der Waals surface area (Å²) in [5.74, 6) is 2.93. The highest BCUT2D eigenvalue weighted by Gasteiger charge is 2.41. The van der Waals surface area contributed by atoms with Crippen molar-refractivity contribution < 1.29 is 4.74 Å². The smallest absolute Gasteiger partial charge is 0.192 e. The molecule has 0 aromatic carbocycles. The van der Waals surface area contributed by atoms with Gasteiger partial charge in [-0.25, -0.2) is 4.99 Å². The van der Waals surface area contributed by atoms with Gasteiger partial charge in [-0.3, -0.25) is 0 Å². The molecule has 2 bridgehead atoms. The van der Waals surface area contributed by atoms with Crippen molar-refractivity contribution >= 4 is 5.96 Å². The Kier molecular flexibility index (Phi) is 3.73. The third-order valence-electron chi connectivity index (χ3n) is 4.84. The predicted octanol–water partition coefficient (Wildman–Crippen LogP) is 0.599. The lowest BCUT2D eigenvalue weighted by Gasteiger charge is -2.22. The molecule has 120 valence electrons. The van der Waals surface area contributed by atoms with Crippen molar-refractivity contribution in [1.29, 1.82) is 0 Å². The lowest BCUT2D eigenvalue weighted by Crippen LogP contribution is -2.47. The SMILES string of the molecule is CCNC(=NCc1nnc2n1CCC2)NC1CC2CCC1O2. The second-order valence-electron chi connectivity index (χ2n) is 6.34. The molecule has 4 heterocycles. The summed E-state index contributed by atoms with van der Waals surface area (Å²) in [5.41, 5.74) is 0. The minimum atomic E-state index is 0.353. The summed E-state index contributed by atoms with van der Waals surface area (Å²) in [5, 5.41) is 15.4. The largest absolute Gasteiger partial charge is 0.373 e. The van der Waals surface area contributed by atoms with Gasteiger partial charge in [0.05, 0.1) is 18.2 Å². The van der Waals surface area contributed by atoms with Crippen LogP contribution in [0.1, 0.15) is 44.3 Å². The lowest BCUT2D eigenvalue weighted by atomic mass is 9.96. The van der Waals surface area contributed by atoms with Crippen molar-refractivity contribution in [2.45, 2.75) is 70.4 Å². The van der Waals surface area contributed by atoms with E-state index in [1.54, 1.807) is 0 Å². The van der Waals surface area contributed by atoms with Crippen LogP contribution in [0.25, 0.3) is 0 Å². The Morgan fingerprint density at radius 3 is 3.14 bits per heavy atom. The van der Waals surface area contributed by atoms with Gasteiger partial charge in [0.25, 0.3) is 0 Å². The predicted molar refractivity (Wildman–Crippen MR) is 82.6 cm³/mol. The zero-order chi connectivity index (χ0) is 14.9. The molecule has 1 aromatic rings. The minimum Gasteiger partial charge on any atom is -0.373 e. The maximum atomic E-state index is 5.90. The molecule has 0 radical (unpaired) electrons. The van der Waals surface area contributed by atoms with E-state index in [0.717, 1.165) is 43.5 Å². The van der Waals surface area contributed by atoms with Crippen molar-refractivity contribution in [3.8, 4) is 0 Å². The summed E-state index contributed by atoms with van der Waals surface area (Å²) in [6.07, 6.45) is 6.48. The number of aromatic nitrogens is 3. The number of nitrogens with one attached hydrogen (secondary N) is 2. The van der Waals surface area contributed by atoms with Crippen LogP contribution in [0.2, 0.25) is 0 Å². The fourth-order valence-electron chi connectivity index (χ4n) is 3.76. The average molecular weight is 304 g/mol. The molecular weight excluding hydrogens is 280 g/mol. The van der Waals surface area contributed by atoms with Crippen molar-refractivity contribution in [3.63, 3.8) is 0 Å². The molecule has 3 atom stereocenters. The molecule has 7 nitrogen and oxygen atoms in total. The zero-order valence-electron chi connectivity index (χ0n) is 13.1. The molecule has 1 aromatic heterocycles. The molecular formula is C15H24N6O. The fraction of sp³-hybridized carbons (Fsp3) is 0.800. The summed E-state index contributed by atoms with van der Waals surface area (Å²) in [4.78, 5) is 4.70. The summed E-state index contributed by atoms with van der Waals surface area (Å²) < 4.78 is 8.11. The van der Waals surface area contributed by atoms with Crippen LogP contribution in [0.4, 0.5) is 0 Å². The molecule has 4 rings (SSSR count). The molecule has 0 saturated carbocycles. The van der Waals surface area contributed by atoms with E-state index >= 15 is 0 Å². The second-order valence-corrected chi connectivity index (χ2v) is 6.34. The number of aryl methyl sites for hydroxylation is 1. The number of rotatable bonds is 4. The Labute approximate surface area is 130 Å². The van der Waals surface area contributed by atoms with Crippen LogP contribution in [0, 0.1) is 0 Å². The van der Waals surface area contributed by atoms with Crippen LogP contribution >= 0.6 is 0 Å². The van der Waals surface area contributed by atoms with Gasteiger partial charge < -0.3 is 19.9 Å². The van der Waals surface area contributed by atoms with E-state index in [1.165, 1.54) is 19.3 Å². The quantitative estimate of drug-likeness (QED) is 0.629. The first-order chi connectivity index (χ1) is 10.8. The lowest BCUT2D eigenvalue weighted by molar-refractivity contribution is 0.0992. The monoisotopic (exact) mass is 304 g/mol. The number of aliphatic imine (C=N–C) groups is 1. The summed E-state index contributed by atoms with van der Waals surface area (Å²) in [7, 11) is 0. The first-order valence-electron chi connectivity index (χ1n) is 8.44. The molecule has 22 heavy (non-hydrogen) atoms. The second kappa shape index (κ2) is 5.87. The molecule has 3 aliphatic heterocycles. The van der Waals surface area contributed by atoms with Gasteiger partial charge >= 0.3 is 0 Å². The van der Waals surface area contributed by atoms with Crippen molar-refractivity contribution in [3.05, 3.63) is 11.6 Å². The number of hydrogen-bond donors (Lipinski definition) is 2. The molecule has 2 fully saturated rings. The highest BCUT2D eigenvalue weighted by Crippen LogP contribution is 2.34. The van der Waals surface area contributed by atoms with Crippen LogP contribution in [-0.2, 0) is 24.2 Å². The number of fused-ring (bicyclic) bond motifs is 3. The van der Waals surface area contributed by atoms with Crippen LogP contribution in [0.3, 0.4) is 0 Å². The number of ether oxygens (including phenoxy) is 1. The van der Waals surface area contributed by atoms with Gasteiger partial charge in [0.2, 0.25) is 0 Å². The van der Waals surface area contributed by atoms with Gasteiger partial charge in [0.1, 0.15) is 12.4 Å². The van der Waals surface area contributed by atoms with Crippen molar-refractivity contribution in [1.82, 2.24) is 25.4 Å². The first kappa shape index (κ1) is 14.0. The van der Waals surface area contributed by atoms with Gasteiger partial charge in [-0.2, -0.15) is 0 Å². The molecule has 0 aliphatic carbocycles. The van der Waals surface area contributed by atoms with E-state index in [2.05, 4.69) is 32.3 Å². The van der Waals surface area contributed by atoms with Gasteiger partial charge in [-0.05, 0) is 32.6 Å². The summed E-state index contributed by atoms with van der Waals surface area (Å²) >= 11 is 0. The molecule has 2 N–H and O–H groups in total. The standard InChI is InChI=1S/C15H24N6O/c1-2-16-15(18-11-8-10-5-6-12(11)22-10)17-9-14-20-19-13-4-3-7-21(13)14/h10-12H,2-9H2,1H3,(H2,16,17,18). The van der Waals surface area contributed by atoms with Crippen LogP contribution in [-0.4, -0.2) is 45.5 Å². The summed E-state index contributed by atoms with van der Waals surface area (Å²) in [6.45, 7) is 4.54. The highest BCUT2D eigenvalue weighted by molar-refractivity contribution is 5.80. The van der Waals surface area contributed by atoms with Gasteiger partial charge in [-0.1, -0.05) is 0 Å². The molecule has 0 amide bonds. The maximum Gasteiger partial charge on any atom is 0.192 e. The normalized spacial score (nSPS) is 29.9. The van der Waals surface area contributed by atoms with Gasteiger partial charge in [0.15, 0.2) is 11.8 Å². The van der Waals surface area contributed by atoms with E-state index in [0.29, 0.717) is 24.8 Å². The number of nitrogens with zero attached hydrogens (tertiary/aromatic N) is 4. The van der Waals surface area contributed by atoms with E-state index in [-0.39, 0.29) is 0 Å². The zero-order valence-corrected chi connectivity index (χ0v) is 13.1. The van der Waals surface area contributed by atoms with E-state index < -0.39 is 0 Å². The third-order valence-corrected chi connectivity index (χ3v) is 4.84. The van der Waals surface area contributed by atoms with Crippen LogP contribution in [0.15, 0.2) is 4.99 Å². The molecule has 7 heteroatoms. The van der Waals surface area contributed by atoms with Gasteiger partial charge in [-0.15, -0.1) is 10.2 Å². The molecule has 0 spiro atoms. The Morgan fingerprint density at radius 2 is 2.36 bits per heavy atom. The third kappa shape index (κ3) is 2.58. The Bertz CT molecular complexity index is 568. The maximum absolute atomic E-state index is 5.90. The highest BCUT2D eigenvalue weighted by atomic mass is 16.5. The Balaban J connectivity index is 1.42. The van der Waals surface area contributed by atoms with E-state index in [4.69, 9.17) is 9.73 Å². The minimum absolute atomic E-state index is 0.353. The Morgan fingerprint density at radius 1 is 1.41 bits per heavy atom. The molecule has 3 aliphatic rings. The number of guanidine groups is 1. The fourth-order valence-corrected chi connectivity index (χ4v) is 3.76. The topological polar surface area (TPSA) is 76.4 Å². The molecule has 3 unspecified atom stereocenters. The van der Waals surface area contributed by atoms with E-state index in [9.17, 15) is 0 Å². The Hall–Kier alpha value is -1.63. The van der Waals surface area contributed by atoms with Crippen LogP contribution < -0.4 is 10.6 Å². The van der Waals surface area contributed by atoms with E-state index in [1.807, 2.05) is 0 Å². The molecule has 2 saturated heterocycles.